The zero-order valence-corrected chi connectivity index (χ0v) is 19.3. The summed E-state index contributed by atoms with van der Waals surface area (Å²) in [5.74, 6) is 0.246. The van der Waals surface area contributed by atoms with Crippen molar-refractivity contribution in [2.75, 3.05) is 25.2 Å². The maximum absolute atomic E-state index is 13.3. The largest absolute Gasteiger partial charge is 0.325 e. The van der Waals surface area contributed by atoms with Crippen molar-refractivity contribution in [3.8, 4) is 0 Å². The van der Waals surface area contributed by atoms with Gasteiger partial charge in [0.2, 0.25) is 5.91 Å². The first-order chi connectivity index (χ1) is 14.9. The Hall–Kier alpha value is -2.42. The van der Waals surface area contributed by atoms with Crippen LogP contribution in [0.4, 0.5) is 10.1 Å². The minimum atomic E-state index is -0.526. The highest BCUT2D eigenvalue weighted by Crippen LogP contribution is 2.26. The minimum absolute atomic E-state index is 0.0352. The lowest BCUT2D eigenvalue weighted by Crippen LogP contribution is -2.23. The Balaban J connectivity index is 1.77. The third-order valence-corrected chi connectivity index (χ3v) is 6.03. The molecular formula is C22H25ClFN5OS. The van der Waals surface area contributed by atoms with Gasteiger partial charge in [0.25, 0.3) is 0 Å². The molecule has 3 rings (SSSR count). The molecule has 1 amide bonds. The van der Waals surface area contributed by atoms with Crippen molar-refractivity contribution in [1.29, 1.82) is 0 Å². The van der Waals surface area contributed by atoms with E-state index in [0.29, 0.717) is 17.4 Å². The third-order valence-electron chi connectivity index (χ3n) is 4.77. The summed E-state index contributed by atoms with van der Waals surface area (Å²) in [6.07, 6.45) is 0.885. The molecule has 9 heteroatoms. The average molecular weight is 462 g/mol. The molecule has 6 nitrogen and oxygen atoms in total. The van der Waals surface area contributed by atoms with Gasteiger partial charge in [0.05, 0.1) is 23.4 Å². The van der Waals surface area contributed by atoms with Crippen molar-refractivity contribution in [1.82, 2.24) is 19.7 Å². The zero-order valence-electron chi connectivity index (χ0n) is 17.7. The van der Waals surface area contributed by atoms with E-state index in [2.05, 4.69) is 44.0 Å². The molecule has 1 aromatic heterocycles. The molecule has 164 valence electrons. The van der Waals surface area contributed by atoms with E-state index in [1.165, 1.54) is 30.0 Å². The molecule has 3 aromatic rings. The fourth-order valence-electron chi connectivity index (χ4n) is 3.25. The third kappa shape index (κ3) is 6.06. The van der Waals surface area contributed by atoms with Crippen molar-refractivity contribution >= 4 is 35.0 Å². The second kappa shape index (κ2) is 10.7. The quantitative estimate of drug-likeness (QED) is 0.461. The van der Waals surface area contributed by atoms with Crippen LogP contribution in [0.5, 0.6) is 0 Å². The molecule has 0 radical (unpaired) electrons. The monoisotopic (exact) mass is 461 g/mol. The number of nitrogens with zero attached hydrogens (tertiary/aromatic N) is 4. The Morgan fingerprint density at radius 1 is 1.23 bits per heavy atom. The summed E-state index contributed by atoms with van der Waals surface area (Å²) in [5, 5.41) is 12.2. The number of benzene rings is 2. The van der Waals surface area contributed by atoms with Crippen molar-refractivity contribution in [2.45, 2.75) is 31.1 Å². The molecule has 0 spiro atoms. The minimum Gasteiger partial charge on any atom is -0.325 e. The molecular weight excluding hydrogens is 437 g/mol. The highest BCUT2D eigenvalue weighted by molar-refractivity contribution is 7.99. The molecule has 2 aromatic carbocycles. The van der Waals surface area contributed by atoms with Gasteiger partial charge in [-0.15, -0.1) is 10.2 Å². The van der Waals surface area contributed by atoms with E-state index < -0.39 is 5.82 Å². The van der Waals surface area contributed by atoms with Crippen LogP contribution in [0.3, 0.4) is 0 Å². The Morgan fingerprint density at radius 2 is 1.97 bits per heavy atom. The van der Waals surface area contributed by atoms with E-state index in [0.717, 1.165) is 17.8 Å². The molecule has 0 aliphatic heterocycles. The summed E-state index contributed by atoms with van der Waals surface area (Å²) >= 11 is 7.10. The number of thioether (sulfide) groups is 1. The van der Waals surface area contributed by atoms with Crippen LogP contribution < -0.4 is 5.32 Å². The van der Waals surface area contributed by atoms with Crippen molar-refractivity contribution in [3.05, 3.63) is 70.8 Å². The number of aromatic nitrogens is 3. The fraction of sp³-hybridized carbons (Fsp3) is 0.318. The molecule has 0 aliphatic carbocycles. The molecule has 0 saturated heterocycles. The standard InChI is InChI=1S/C22H25ClFN5OS/c1-4-19(28(2)3)21-26-27-22(29(21)13-15-8-6-5-7-9-15)31-14-20(30)25-16-10-11-18(24)17(23)12-16/h5-12,19H,4,13-14H2,1-3H3,(H,25,30). The molecule has 0 bridgehead atoms. The Bertz CT molecular complexity index is 1030. The normalized spacial score (nSPS) is 12.2. The SMILES string of the molecule is CCC(c1nnc(SCC(=O)Nc2ccc(F)c(Cl)c2)n1Cc1ccccc1)N(C)C. The van der Waals surface area contributed by atoms with Crippen LogP contribution in [0.25, 0.3) is 0 Å². The lowest BCUT2D eigenvalue weighted by atomic mass is 10.2. The first-order valence-corrected chi connectivity index (χ1v) is 11.3. The molecule has 1 atom stereocenters. The Kier molecular flexibility index (Phi) is 8.06. The highest BCUT2D eigenvalue weighted by Gasteiger charge is 2.22. The van der Waals surface area contributed by atoms with Crippen molar-refractivity contribution in [3.63, 3.8) is 0 Å². The smallest absolute Gasteiger partial charge is 0.234 e. The van der Waals surface area contributed by atoms with Crippen LogP contribution >= 0.6 is 23.4 Å². The van der Waals surface area contributed by atoms with Gasteiger partial charge in [-0.1, -0.05) is 60.6 Å². The predicted molar refractivity (Wildman–Crippen MR) is 123 cm³/mol. The molecule has 1 heterocycles. The van der Waals surface area contributed by atoms with Gasteiger partial charge in [0.1, 0.15) is 5.82 Å². The topological polar surface area (TPSA) is 63.1 Å². The van der Waals surface area contributed by atoms with Crippen LogP contribution in [0.15, 0.2) is 53.7 Å². The van der Waals surface area contributed by atoms with Gasteiger partial charge < -0.3 is 9.88 Å². The number of rotatable bonds is 9. The second-order valence-corrected chi connectivity index (χ2v) is 8.62. The van der Waals surface area contributed by atoms with Gasteiger partial charge in [-0.2, -0.15) is 0 Å². The number of hydrogen-bond donors (Lipinski definition) is 1. The maximum atomic E-state index is 13.3. The van der Waals surface area contributed by atoms with E-state index in [4.69, 9.17) is 11.6 Å². The van der Waals surface area contributed by atoms with E-state index in [1.54, 1.807) is 0 Å². The van der Waals surface area contributed by atoms with Crippen LogP contribution in [0.1, 0.15) is 30.8 Å². The van der Waals surface area contributed by atoms with E-state index >= 15 is 0 Å². The summed E-state index contributed by atoms with van der Waals surface area (Å²) < 4.78 is 15.4. The molecule has 0 saturated carbocycles. The number of carbonyl (C=O) groups excluding carboxylic acids is 1. The van der Waals surface area contributed by atoms with E-state index in [9.17, 15) is 9.18 Å². The predicted octanol–water partition coefficient (Wildman–Crippen LogP) is 4.86. The highest BCUT2D eigenvalue weighted by atomic mass is 35.5. The number of halogens is 2. The number of nitrogens with one attached hydrogen (secondary N) is 1. The number of hydrogen-bond acceptors (Lipinski definition) is 5. The van der Waals surface area contributed by atoms with Gasteiger partial charge in [-0.3, -0.25) is 9.69 Å². The van der Waals surface area contributed by atoms with Crippen LogP contribution in [-0.2, 0) is 11.3 Å². The summed E-state index contributed by atoms with van der Waals surface area (Å²) in [6, 6.07) is 14.3. The summed E-state index contributed by atoms with van der Waals surface area (Å²) in [6.45, 7) is 2.73. The first-order valence-electron chi connectivity index (χ1n) is 9.90. The Morgan fingerprint density at radius 3 is 2.61 bits per heavy atom. The van der Waals surface area contributed by atoms with Gasteiger partial charge in [-0.25, -0.2) is 4.39 Å². The Labute approximate surface area is 190 Å². The van der Waals surface area contributed by atoms with Crippen molar-refractivity contribution < 1.29 is 9.18 Å². The average Bonchev–Trinajstić information content (AvgIpc) is 3.12. The van der Waals surface area contributed by atoms with Gasteiger partial charge >= 0.3 is 0 Å². The van der Waals surface area contributed by atoms with Gasteiger partial charge in [0, 0.05) is 5.69 Å². The molecule has 1 unspecified atom stereocenters. The molecule has 31 heavy (non-hydrogen) atoms. The number of amides is 1. The number of anilines is 1. The van der Waals surface area contributed by atoms with Crippen LogP contribution in [0.2, 0.25) is 5.02 Å². The van der Waals surface area contributed by atoms with Crippen LogP contribution in [-0.4, -0.2) is 45.4 Å². The lowest BCUT2D eigenvalue weighted by molar-refractivity contribution is -0.113. The van der Waals surface area contributed by atoms with E-state index in [1.807, 2.05) is 32.3 Å². The summed E-state index contributed by atoms with van der Waals surface area (Å²) in [4.78, 5) is 14.5. The van der Waals surface area contributed by atoms with Crippen LogP contribution in [0, 0.1) is 5.82 Å². The molecule has 1 N–H and O–H groups in total. The van der Waals surface area contributed by atoms with Gasteiger partial charge in [-0.05, 0) is 44.3 Å². The first kappa shape index (κ1) is 23.2. The summed E-state index contributed by atoms with van der Waals surface area (Å²) in [7, 11) is 4.04. The van der Waals surface area contributed by atoms with E-state index in [-0.39, 0.29) is 22.7 Å². The van der Waals surface area contributed by atoms with Crippen molar-refractivity contribution in [2.24, 2.45) is 0 Å². The number of carbonyl (C=O) groups is 1. The maximum Gasteiger partial charge on any atom is 0.234 e. The lowest BCUT2D eigenvalue weighted by Gasteiger charge is -2.23. The fourth-order valence-corrected chi connectivity index (χ4v) is 4.17. The second-order valence-electron chi connectivity index (χ2n) is 7.27. The summed E-state index contributed by atoms with van der Waals surface area (Å²) in [5.41, 5.74) is 1.58. The zero-order chi connectivity index (χ0) is 22.4. The molecule has 0 fully saturated rings. The molecule has 0 aliphatic rings. The van der Waals surface area contributed by atoms with Gasteiger partial charge in [0.15, 0.2) is 11.0 Å².